The lowest BCUT2D eigenvalue weighted by Crippen LogP contribution is -2.20. The molecule has 2 rings (SSSR count). The van der Waals surface area contributed by atoms with Crippen LogP contribution in [0.1, 0.15) is 38.1 Å². The van der Waals surface area contributed by atoms with E-state index < -0.39 is 5.97 Å². The third kappa shape index (κ3) is 2.55. The summed E-state index contributed by atoms with van der Waals surface area (Å²) in [5.41, 5.74) is 0. The zero-order valence-electron chi connectivity index (χ0n) is 8.54. The number of nitrogens with zero attached hydrogens (tertiary/aromatic N) is 3. The summed E-state index contributed by atoms with van der Waals surface area (Å²) in [7, 11) is 0. The minimum Gasteiger partial charge on any atom is -0.481 e. The van der Waals surface area contributed by atoms with E-state index in [2.05, 4.69) is 10.3 Å². The van der Waals surface area contributed by atoms with Gasteiger partial charge in [0, 0.05) is 12.6 Å². The van der Waals surface area contributed by atoms with Gasteiger partial charge in [-0.1, -0.05) is 5.21 Å². The van der Waals surface area contributed by atoms with Crippen molar-refractivity contribution in [2.45, 2.75) is 38.1 Å². The van der Waals surface area contributed by atoms with Crippen molar-refractivity contribution >= 4 is 5.97 Å². The lowest BCUT2D eigenvalue weighted by atomic mass is 9.84. The Hall–Kier alpha value is -1.39. The molecule has 82 valence electrons. The molecule has 0 saturated heterocycles. The third-order valence-electron chi connectivity index (χ3n) is 3.09. The van der Waals surface area contributed by atoms with Gasteiger partial charge in [0.05, 0.1) is 12.2 Å². The molecule has 0 amide bonds. The first kappa shape index (κ1) is 10.1. The van der Waals surface area contributed by atoms with Gasteiger partial charge in [0.2, 0.25) is 0 Å². The van der Waals surface area contributed by atoms with Crippen LogP contribution in [0, 0.1) is 5.92 Å². The van der Waals surface area contributed by atoms with E-state index in [1.807, 2.05) is 10.9 Å². The SMILES string of the molecule is O=C(O)CC1CCC(n2ccnn2)CC1. The molecule has 0 bridgehead atoms. The molecule has 0 atom stereocenters. The summed E-state index contributed by atoms with van der Waals surface area (Å²) in [6, 6.07) is 0.414. The first-order chi connectivity index (χ1) is 7.25. The second-order valence-corrected chi connectivity index (χ2v) is 4.16. The zero-order valence-corrected chi connectivity index (χ0v) is 8.54. The van der Waals surface area contributed by atoms with Crippen LogP contribution in [0.5, 0.6) is 0 Å². The molecule has 5 heteroatoms. The molecule has 1 aromatic heterocycles. The van der Waals surface area contributed by atoms with Gasteiger partial charge in [-0.3, -0.25) is 4.79 Å². The molecule has 0 aliphatic heterocycles. The first-order valence-corrected chi connectivity index (χ1v) is 5.33. The molecule has 0 radical (unpaired) electrons. The quantitative estimate of drug-likeness (QED) is 0.818. The van der Waals surface area contributed by atoms with Crippen molar-refractivity contribution in [1.29, 1.82) is 0 Å². The summed E-state index contributed by atoms with van der Waals surface area (Å²) in [6.45, 7) is 0. The molecule has 0 aromatic carbocycles. The Labute approximate surface area is 88.1 Å². The van der Waals surface area contributed by atoms with Crippen molar-refractivity contribution in [3.8, 4) is 0 Å². The van der Waals surface area contributed by atoms with Gasteiger partial charge >= 0.3 is 5.97 Å². The number of hydrogen-bond acceptors (Lipinski definition) is 3. The van der Waals surface area contributed by atoms with E-state index in [0.29, 0.717) is 18.4 Å². The van der Waals surface area contributed by atoms with Gasteiger partial charge in [-0.15, -0.1) is 5.10 Å². The van der Waals surface area contributed by atoms with Crippen LogP contribution in [-0.2, 0) is 4.79 Å². The molecule has 0 unspecified atom stereocenters. The maximum Gasteiger partial charge on any atom is 0.303 e. The summed E-state index contributed by atoms with van der Waals surface area (Å²) >= 11 is 0. The standard InChI is InChI=1S/C10H15N3O2/c14-10(15)7-8-1-3-9(4-2-8)13-6-5-11-12-13/h5-6,8-9H,1-4,7H2,(H,14,15). The number of carboxylic acid groups (broad SMARTS) is 1. The highest BCUT2D eigenvalue weighted by Crippen LogP contribution is 2.32. The predicted molar refractivity (Wildman–Crippen MR) is 53.3 cm³/mol. The molecule has 1 saturated carbocycles. The summed E-state index contributed by atoms with van der Waals surface area (Å²) < 4.78 is 1.89. The Balaban J connectivity index is 1.84. The second-order valence-electron chi connectivity index (χ2n) is 4.16. The second kappa shape index (κ2) is 4.42. The van der Waals surface area contributed by atoms with Crippen LogP contribution in [0.2, 0.25) is 0 Å². The van der Waals surface area contributed by atoms with Gasteiger partial charge in [-0.25, -0.2) is 4.68 Å². The average molecular weight is 209 g/mol. The van der Waals surface area contributed by atoms with Gasteiger partial charge in [-0.2, -0.15) is 0 Å². The van der Waals surface area contributed by atoms with Crippen molar-refractivity contribution in [2.24, 2.45) is 5.92 Å². The fourth-order valence-corrected chi connectivity index (χ4v) is 2.27. The van der Waals surface area contributed by atoms with Crippen LogP contribution in [-0.4, -0.2) is 26.1 Å². The largest absolute Gasteiger partial charge is 0.481 e. The van der Waals surface area contributed by atoms with Crippen LogP contribution in [0.3, 0.4) is 0 Å². The fourth-order valence-electron chi connectivity index (χ4n) is 2.27. The maximum absolute atomic E-state index is 10.6. The highest BCUT2D eigenvalue weighted by Gasteiger charge is 2.24. The van der Waals surface area contributed by atoms with Crippen molar-refractivity contribution in [1.82, 2.24) is 15.0 Å². The van der Waals surface area contributed by atoms with Crippen molar-refractivity contribution in [2.75, 3.05) is 0 Å². The van der Waals surface area contributed by atoms with Crippen molar-refractivity contribution in [3.63, 3.8) is 0 Å². The smallest absolute Gasteiger partial charge is 0.303 e. The third-order valence-corrected chi connectivity index (χ3v) is 3.09. The van der Waals surface area contributed by atoms with Gasteiger partial charge in [0.25, 0.3) is 0 Å². The lowest BCUT2D eigenvalue weighted by molar-refractivity contribution is -0.138. The van der Waals surface area contributed by atoms with E-state index >= 15 is 0 Å². The van der Waals surface area contributed by atoms with E-state index in [0.717, 1.165) is 25.7 Å². The molecule has 1 fully saturated rings. The van der Waals surface area contributed by atoms with E-state index in [1.54, 1.807) is 6.20 Å². The lowest BCUT2D eigenvalue weighted by Gasteiger charge is -2.27. The van der Waals surface area contributed by atoms with Gasteiger partial charge in [0.1, 0.15) is 0 Å². The monoisotopic (exact) mass is 209 g/mol. The molecule has 1 aromatic rings. The summed E-state index contributed by atoms with van der Waals surface area (Å²) in [4.78, 5) is 10.6. The van der Waals surface area contributed by atoms with Crippen LogP contribution in [0.4, 0.5) is 0 Å². The van der Waals surface area contributed by atoms with Crippen molar-refractivity contribution < 1.29 is 9.90 Å². The van der Waals surface area contributed by atoms with Crippen LogP contribution in [0.25, 0.3) is 0 Å². The zero-order chi connectivity index (χ0) is 10.7. The molecule has 5 nitrogen and oxygen atoms in total. The summed E-state index contributed by atoms with van der Waals surface area (Å²) in [6.07, 6.45) is 7.87. The van der Waals surface area contributed by atoms with Gasteiger partial charge in [-0.05, 0) is 31.6 Å². The average Bonchev–Trinajstić information content (AvgIpc) is 2.71. The Morgan fingerprint density at radius 3 is 2.67 bits per heavy atom. The maximum atomic E-state index is 10.6. The molecule has 15 heavy (non-hydrogen) atoms. The fraction of sp³-hybridized carbons (Fsp3) is 0.700. The number of carboxylic acids is 1. The number of aromatic nitrogens is 3. The summed E-state index contributed by atoms with van der Waals surface area (Å²) in [5.74, 6) is -0.332. The number of hydrogen-bond donors (Lipinski definition) is 1. The Morgan fingerprint density at radius 1 is 1.40 bits per heavy atom. The van der Waals surface area contributed by atoms with E-state index in [4.69, 9.17) is 5.11 Å². The van der Waals surface area contributed by atoms with E-state index in [9.17, 15) is 4.79 Å². The van der Waals surface area contributed by atoms with Crippen LogP contribution < -0.4 is 0 Å². The predicted octanol–water partition coefficient (Wildman–Crippen LogP) is 1.48. The normalized spacial score (nSPS) is 26.4. The van der Waals surface area contributed by atoms with Gasteiger partial charge in [0.15, 0.2) is 0 Å². The first-order valence-electron chi connectivity index (χ1n) is 5.33. The van der Waals surface area contributed by atoms with E-state index in [1.165, 1.54) is 0 Å². The molecule has 0 spiro atoms. The van der Waals surface area contributed by atoms with Crippen LogP contribution in [0.15, 0.2) is 12.4 Å². The van der Waals surface area contributed by atoms with Crippen molar-refractivity contribution in [3.05, 3.63) is 12.4 Å². The van der Waals surface area contributed by atoms with E-state index in [-0.39, 0.29) is 0 Å². The minimum absolute atomic E-state index is 0.310. The molecule has 1 aliphatic carbocycles. The molecular formula is C10H15N3O2. The summed E-state index contributed by atoms with van der Waals surface area (Å²) in [5, 5.41) is 16.4. The Bertz CT molecular complexity index is 315. The highest BCUT2D eigenvalue weighted by molar-refractivity contribution is 5.67. The Morgan fingerprint density at radius 2 is 2.13 bits per heavy atom. The Kier molecular flexibility index (Phi) is 2.99. The topological polar surface area (TPSA) is 68.0 Å². The molecule has 1 aliphatic rings. The van der Waals surface area contributed by atoms with Crippen LogP contribution >= 0.6 is 0 Å². The molecular weight excluding hydrogens is 194 g/mol. The molecule has 1 heterocycles. The number of rotatable bonds is 3. The van der Waals surface area contributed by atoms with Gasteiger partial charge < -0.3 is 5.11 Å². The molecule has 1 N–H and O–H groups in total. The number of aliphatic carboxylic acids is 1. The highest BCUT2D eigenvalue weighted by atomic mass is 16.4. The number of carbonyl (C=O) groups is 1. The minimum atomic E-state index is -0.681.